The minimum absolute atomic E-state index is 0.162. The molecule has 0 aliphatic rings. The molecule has 3 heterocycles. The van der Waals surface area contributed by atoms with Gasteiger partial charge in [-0.2, -0.15) is 0 Å². The van der Waals surface area contributed by atoms with Crippen molar-refractivity contribution in [3.05, 3.63) is 60.0 Å². The predicted molar refractivity (Wildman–Crippen MR) is 127 cm³/mol. The van der Waals surface area contributed by atoms with Crippen LogP contribution in [0.2, 0.25) is 0 Å². The maximum absolute atomic E-state index is 12.6. The van der Waals surface area contributed by atoms with Gasteiger partial charge in [-0.1, -0.05) is 19.1 Å². The number of aromatic nitrogens is 4. The molecule has 0 spiro atoms. The van der Waals surface area contributed by atoms with Gasteiger partial charge in [0.1, 0.15) is 5.65 Å². The molecule has 4 aromatic rings. The van der Waals surface area contributed by atoms with E-state index in [1.807, 2.05) is 57.3 Å². The number of pyridine rings is 1. The van der Waals surface area contributed by atoms with E-state index in [0.29, 0.717) is 12.1 Å². The standard InChI is InChI=1S/C24H27N7O/c1-4-17-10-20(31-23(25)30-17)19-12-28-21-18(19)9-16(11-27-21)14-6-5-7-15(8-14)22(32)29-13-24(2,3)26/h5-12H,4,13,26H2,1-3H3,(H,27,28)(H,29,32)(H2,25,30,31). The molecule has 0 aliphatic carbocycles. The zero-order chi connectivity index (χ0) is 22.9. The third-order valence-electron chi connectivity index (χ3n) is 5.13. The van der Waals surface area contributed by atoms with Gasteiger partial charge in [0.25, 0.3) is 5.91 Å². The summed E-state index contributed by atoms with van der Waals surface area (Å²) in [7, 11) is 0. The first kappa shape index (κ1) is 21.5. The zero-order valence-electron chi connectivity index (χ0n) is 18.4. The second-order valence-electron chi connectivity index (χ2n) is 8.53. The molecule has 0 atom stereocenters. The number of nitrogens with one attached hydrogen (secondary N) is 2. The summed E-state index contributed by atoms with van der Waals surface area (Å²) in [6.07, 6.45) is 4.43. The highest BCUT2D eigenvalue weighted by molar-refractivity contribution is 5.97. The van der Waals surface area contributed by atoms with E-state index in [9.17, 15) is 4.79 Å². The van der Waals surface area contributed by atoms with Crippen molar-refractivity contribution >= 4 is 22.9 Å². The Balaban J connectivity index is 1.70. The van der Waals surface area contributed by atoms with Crippen LogP contribution in [0.15, 0.2) is 48.8 Å². The number of carbonyl (C=O) groups excluding carboxylic acids is 1. The molecule has 8 heteroatoms. The number of rotatable bonds is 6. The van der Waals surface area contributed by atoms with Crippen molar-refractivity contribution in [2.75, 3.05) is 12.3 Å². The van der Waals surface area contributed by atoms with Crippen molar-refractivity contribution in [2.45, 2.75) is 32.7 Å². The first-order valence-corrected chi connectivity index (χ1v) is 10.5. The van der Waals surface area contributed by atoms with E-state index < -0.39 is 5.54 Å². The molecule has 0 saturated heterocycles. The molecular formula is C24H27N7O. The smallest absolute Gasteiger partial charge is 0.251 e. The lowest BCUT2D eigenvalue weighted by Crippen LogP contribution is -2.45. The number of fused-ring (bicyclic) bond motifs is 1. The minimum atomic E-state index is -0.477. The van der Waals surface area contributed by atoms with Crippen LogP contribution in [0.3, 0.4) is 0 Å². The van der Waals surface area contributed by atoms with Crippen molar-refractivity contribution in [1.29, 1.82) is 0 Å². The highest BCUT2D eigenvalue weighted by Crippen LogP contribution is 2.31. The summed E-state index contributed by atoms with van der Waals surface area (Å²) in [6.45, 7) is 6.15. The van der Waals surface area contributed by atoms with Gasteiger partial charge in [0.05, 0.1) is 5.69 Å². The average molecular weight is 430 g/mol. The predicted octanol–water partition coefficient (Wildman–Crippen LogP) is 3.30. The number of aryl methyl sites for hydroxylation is 1. The number of nitrogens with two attached hydrogens (primary N) is 2. The van der Waals surface area contributed by atoms with Crippen molar-refractivity contribution in [1.82, 2.24) is 25.3 Å². The maximum Gasteiger partial charge on any atom is 0.251 e. The fourth-order valence-corrected chi connectivity index (χ4v) is 3.46. The minimum Gasteiger partial charge on any atom is -0.368 e. The average Bonchev–Trinajstić information content (AvgIpc) is 3.20. The molecule has 1 aromatic carbocycles. The van der Waals surface area contributed by atoms with Gasteiger partial charge >= 0.3 is 0 Å². The molecule has 8 nitrogen and oxygen atoms in total. The monoisotopic (exact) mass is 429 g/mol. The summed E-state index contributed by atoms with van der Waals surface area (Å²) in [5.74, 6) is 0.0856. The van der Waals surface area contributed by atoms with Crippen LogP contribution in [0.25, 0.3) is 33.4 Å². The van der Waals surface area contributed by atoms with Crippen LogP contribution in [-0.4, -0.2) is 37.9 Å². The Bertz CT molecular complexity index is 1290. The Morgan fingerprint density at radius 1 is 1.16 bits per heavy atom. The van der Waals surface area contributed by atoms with Crippen molar-refractivity contribution in [3.63, 3.8) is 0 Å². The van der Waals surface area contributed by atoms with Gasteiger partial charge in [0, 0.05) is 52.2 Å². The Kier molecular flexibility index (Phi) is 5.63. The molecule has 0 fully saturated rings. The van der Waals surface area contributed by atoms with Crippen LogP contribution < -0.4 is 16.8 Å². The number of amides is 1. The highest BCUT2D eigenvalue weighted by Gasteiger charge is 2.15. The number of aromatic amines is 1. The lowest BCUT2D eigenvalue weighted by Gasteiger charge is -2.19. The Morgan fingerprint density at radius 2 is 1.97 bits per heavy atom. The maximum atomic E-state index is 12.6. The molecule has 3 aromatic heterocycles. The summed E-state index contributed by atoms with van der Waals surface area (Å²) >= 11 is 0. The van der Waals surface area contributed by atoms with E-state index in [4.69, 9.17) is 11.5 Å². The Morgan fingerprint density at radius 3 is 2.72 bits per heavy atom. The van der Waals surface area contributed by atoms with Crippen molar-refractivity contribution in [3.8, 4) is 22.4 Å². The number of carbonyl (C=O) groups is 1. The van der Waals surface area contributed by atoms with Gasteiger partial charge in [-0.05, 0) is 50.1 Å². The lowest BCUT2D eigenvalue weighted by molar-refractivity contribution is 0.0946. The second-order valence-corrected chi connectivity index (χ2v) is 8.53. The number of hydrogen-bond donors (Lipinski definition) is 4. The number of benzene rings is 1. The first-order valence-electron chi connectivity index (χ1n) is 10.5. The number of hydrogen-bond acceptors (Lipinski definition) is 6. The van der Waals surface area contributed by atoms with E-state index >= 15 is 0 Å². The molecule has 1 amide bonds. The third-order valence-corrected chi connectivity index (χ3v) is 5.13. The number of H-pyrrole nitrogens is 1. The van der Waals surface area contributed by atoms with Crippen LogP contribution in [0.1, 0.15) is 36.8 Å². The van der Waals surface area contributed by atoms with Gasteiger partial charge < -0.3 is 21.8 Å². The van der Waals surface area contributed by atoms with Crippen LogP contribution in [0, 0.1) is 0 Å². The van der Waals surface area contributed by atoms with Gasteiger partial charge in [-0.15, -0.1) is 0 Å². The summed E-state index contributed by atoms with van der Waals surface area (Å²) in [4.78, 5) is 29.0. The summed E-state index contributed by atoms with van der Waals surface area (Å²) < 4.78 is 0. The summed E-state index contributed by atoms with van der Waals surface area (Å²) in [5.41, 5.74) is 17.0. The topological polar surface area (TPSA) is 136 Å². The second kappa shape index (κ2) is 8.39. The normalized spacial score (nSPS) is 11.6. The molecule has 0 aliphatic heterocycles. The van der Waals surface area contributed by atoms with E-state index in [0.717, 1.165) is 45.5 Å². The van der Waals surface area contributed by atoms with Gasteiger partial charge in [-0.3, -0.25) is 4.79 Å². The Labute approximate surface area is 186 Å². The molecule has 0 saturated carbocycles. The van der Waals surface area contributed by atoms with E-state index in [1.54, 1.807) is 12.3 Å². The van der Waals surface area contributed by atoms with Crippen molar-refractivity contribution < 1.29 is 4.79 Å². The van der Waals surface area contributed by atoms with E-state index in [1.165, 1.54) is 0 Å². The van der Waals surface area contributed by atoms with Crippen LogP contribution in [0.5, 0.6) is 0 Å². The zero-order valence-corrected chi connectivity index (χ0v) is 18.4. The fourth-order valence-electron chi connectivity index (χ4n) is 3.46. The van der Waals surface area contributed by atoms with Gasteiger partial charge in [-0.25, -0.2) is 15.0 Å². The largest absolute Gasteiger partial charge is 0.368 e. The summed E-state index contributed by atoms with van der Waals surface area (Å²) in [6, 6.07) is 11.4. The Hall–Kier alpha value is -3.78. The highest BCUT2D eigenvalue weighted by atomic mass is 16.1. The molecule has 0 radical (unpaired) electrons. The SMILES string of the molecule is CCc1cc(-c2c[nH]c3ncc(-c4cccc(C(=O)NCC(C)(C)N)c4)cc23)nc(N)n1. The molecule has 32 heavy (non-hydrogen) atoms. The van der Waals surface area contributed by atoms with Gasteiger partial charge in [0.15, 0.2) is 0 Å². The van der Waals surface area contributed by atoms with Gasteiger partial charge in [0.2, 0.25) is 5.95 Å². The molecular weight excluding hydrogens is 402 g/mol. The fraction of sp³-hybridized carbons (Fsp3) is 0.250. The first-order chi connectivity index (χ1) is 15.2. The lowest BCUT2D eigenvalue weighted by atomic mass is 10.0. The molecule has 4 rings (SSSR count). The van der Waals surface area contributed by atoms with Crippen LogP contribution in [0.4, 0.5) is 5.95 Å². The van der Waals surface area contributed by atoms with Crippen LogP contribution in [-0.2, 0) is 6.42 Å². The molecule has 0 bridgehead atoms. The number of nitrogens with zero attached hydrogens (tertiary/aromatic N) is 3. The summed E-state index contributed by atoms with van der Waals surface area (Å²) in [5, 5.41) is 3.80. The number of anilines is 1. The van der Waals surface area contributed by atoms with Crippen molar-refractivity contribution in [2.24, 2.45) is 5.73 Å². The molecule has 0 unspecified atom stereocenters. The third kappa shape index (κ3) is 4.60. The van der Waals surface area contributed by atoms with E-state index in [-0.39, 0.29) is 11.9 Å². The van der Waals surface area contributed by atoms with E-state index in [2.05, 4.69) is 25.3 Å². The quantitative estimate of drug-likeness (QED) is 0.371. The molecule has 6 N–H and O–H groups in total. The molecule has 164 valence electrons. The van der Waals surface area contributed by atoms with Crippen LogP contribution >= 0.6 is 0 Å². The number of nitrogen functional groups attached to an aromatic ring is 1.